The Morgan fingerprint density at radius 3 is 3.08 bits per heavy atom. The maximum absolute atomic E-state index is 10.9. The maximum Gasteiger partial charge on any atom is 0.229 e. The molecule has 1 aromatic rings. The summed E-state index contributed by atoms with van der Waals surface area (Å²) in [6, 6.07) is 1.92. The number of hydrogen-bond acceptors (Lipinski definition) is 3. The fraction of sp³-hybridized carbons (Fsp3) is 0.333. The standard InChI is InChI=1S/C9H12N2OS/c1-7-2-3-10-4-8(7)5-11-9(12)6-13/h2-4,13H,5-6H2,1H3,(H,11,12). The average molecular weight is 196 g/mol. The van der Waals surface area contributed by atoms with E-state index in [0.29, 0.717) is 6.54 Å². The van der Waals surface area contributed by atoms with Crippen LogP contribution in [0.1, 0.15) is 11.1 Å². The molecule has 0 atom stereocenters. The fourth-order valence-electron chi connectivity index (χ4n) is 0.931. The molecule has 0 radical (unpaired) electrons. The van der Waals surface area contributed by atoms with E-state index in [1.807, 2.05) is 13.0 Å². The lowest BCUT2D eigenvalue weighted by Gasteiger charge is -2.05. The minimum absolute atomic E-state index is 0.0633. The van der Waals surface area contributed by atoms with Crippen LogP contribution in [-0.2, 0) is 11.3 Å². The van der Waals surface area contributed by atoms with Gasteiger partial charge in [-0.25, -0.2) is 0 Å². The van der Waals surface area contributed by atoms with Crippen LogP contribution in [0.4, 0.5) is 0 Å². The lowest BCUT2D eigenvalue weighted by atomic mass is 10.2. The second-order valence-electron chi connectivity index (χ2n) is 2.74. The Labute approximate surface area is 83.0 Å². The minimum atomic E-state index is -0.0633. The van der Waals surface area contributed by atoms with Crippen molar-refractivity contribution in [3.05, 3.63) is 29.6 Å². The van der Waals surface area contributed by atoms with Gasteiger partial charge in [0.2, 0.25) is 5.91 Å². The largest absolute Gasteiger partial charge is 0.351 e. The van der Waals surface area contributed by atoms with Crippen molar-refractivity contribution in [2.45, 2.75) is 13.5 Å². The van der Waals surface area contributed by atoms with E-state index in [1.165, 1.54) is 0 Å². The SMILES string of the molecule is Cc1ccncc1CNC(=O)CS. The quantitative estimate of drug-likeness (QED) is 0.706. The smallest absolute Gasteiger partial charge is 0.229 e. The Morgan fingerprint density at radius 2 is 2.46 bits per heavy atom. The number of hydrogen-bond donors (Lipinski definition) is 2. The number of carbonyl (C=O) groups is 1. The molecule has 1 amide bonds. The van der Waals surface area contributed by atoms with Gasteiger partial charge in [0.25, 0.3) is 0 Å². The van der Waals surface area contributed by atoms with Crippen molar-refractivity contribution >= 4 is 18.5 Å². The van der Waals surface area contributed by atoms with E-state index < -0.39 is 0 Å². The minimum Gasteiger partial charge on any atom is -0.351 e. The van der Waals surface area contributed by atoms with Crippen molar-refractivity contribution < 1.29 is 4.79 Å². The highest BCUT2D eigenvalue weighted by atomic mass is 32.1. The maximum atomic E-state index is 10.9. The zero-order chi connectivity index (χ0) is 9.68. The highest BCUT2D eigenvalue weighted by Crippen LogP contribution is 2.03. The van der Waals surface area contributed by atoms with Crippen LogP contribution in [0.2, 0.25) is 0 Å². The number of aryl methyl sites for hydroxylation is 1. The zero-order valence-corrected chi connectivity index (χ0v) is 8.34. The average Bonchev–Trinajstić information content (AvgIpc) is 2.16. The molecule has 0 aliphatic rings. The molecule has 0 bridgehead atoms. The van der Waals surface area contributed by atoms with Crippen LogP contribution in [0.5, 0.6) is 0 Å². The molecule has 1 heterocycles. The van der Waals surface area contributed by atoms with Gasteiger partial charge in [-0.2, -0.15) is 12.6 Å². The molecule has 0 spiro atoms. The van der Waals surface area contributed by atoms with Crippen molar-refractivity contribution in [2.75, 3.05) is 5.75 Å². The van der Waals surface area contributed by atoms with Crippen molar-refractivity contribution in [1.29, 1.82) is 0 Å². The molecule has 0 saturated carbocycles. The summed E-state index contributed by atoms with van der Waals surface area (Å²) in [6.45, 7) is 2.52. The number of thiol groups is 1. The number of amides is 1. The van der Waals surface area contributed by atoms with Crippen LogP contribution < -0.4 is 5.32 Å². The van der Waals surface area contributed by atoms with Crippen LogP contribution in [0.3, 0.4) is 0 Å². The molecule has 1 N–H and O–H groups in total. The van der Waals surface area contributed by atoms with Gasteiger partial charge in [-0.3, -0.25) is 9.78 Å². The Morgan fingerprint density at radius 1 is 1.69 bits per heavy atom. The molecule has 0 aromatic carbocycles. The molecular formula is C9H12N2OS. The molecule has 70 valence electrons. The third-order valence-corrected chi connectivity index (χ3v) is 2.05. The van der Waals surface area contributed by atoms with E-state index in [9.17, 15) is 4.79 Å². The van der Waals surface area contributed by atoms with E-state index in [-0.39, 0.29) is 11.7 Å². The van der Waals surface area contributed by atoms with Gasteiger partial charge in [-0.1, -0.05) is 0 Å². The molecular weight excluding hydrogens is 184 g/mol. The van der Waals surface area contributed by atoms with Gasteiger partial charge in [0.15, 0.2) is 0 Å². The van der Waals surface area contributed by atoms with Crippen molar-refractivity contribution in [2.24, 2.45) is 0 Å². The molecule has 0 saturated heterocycles. The lowest BCUT2D eigenvalue weighted by Crippen LogP contribution is -2.24. The molecule has 13 heavy (non-hydrogen) atoms. The number of nitrogens with zero attached hydrogens (tertiary/aromatic N) is 1. The summed E-state index contributed by atoms with van der Waals surface area (Å²) in [5.74, 6) is 0.158. The molecule has 3 nitrogen and oxygen atoms in total. The summed E-state index contributed by atoms with van der Waals surface area (Å²) in [5, 5.41) is 2.73. The molecule has 1 rings (SSSR count). The van der Waals surface area contributed by atoms with Crippen LogP contribution >= 0.6 is 12.6 Å². The normalized spacial score (nSPS) is 9.69. The van der Waals surface area contributed by atoms with Crippen molar-refractivity contribution in [1.82, 2.24) is 10.3 Å². The van der Waals surface area contributed by atoms with Crippen LogP contribution in [0.15, 0.2) is 18.5 Å². The Kier molecular flexibility index (Phi) is 3.76. The summed E-state index contributed by atoms with van der Waals surface area (Å²) in [5.41, 5.74) is 2.17. The molecule has 0 unspecified atom stereocenters. The first-order valence-electron chi connectivity index (χ1n) is 4.01. The van der Waals surface area contributed by atoms with Gasteiger partial charge in [-0.05, 0) is 24.1 Å². The van der Waals surface area contributed by atoms with Gasteiger partial charge >= 0.3 is 0 Å². The third-order valence-electron chi connectivity index (χ3n) is 1.77. The summed E-state index contributed by atoms with van der Waals surface area (Å²) in [7, 11) is 0. The van der Waals surface area contributed by atoms with Crippen LogP contribution in [0, 0.1) is 6.92 Å². The molecule has 0 fully saturated rings. The van der Waals surface area contributed by atoms with E-state index >= 15 is 0 Å². The number of carbonyl (C=O) groups excluding carboxylic acids is 1. The predicted octanol–water partition coefficient (Wildman–Crippen LogP) is 0.936. The predicted molar refractivity (Wildman–Crippen MR) is 54.7 cm³/mol. The van der Waals surface area contributed by atoms with Crippen LogP contribution in [-0.4, -0.2) is 16.6 Å². The van der Waals surface area contributed by atoms with Crippen molar-refractivity contribution in [3.63, 3.8) is 0 Å². The number of nitrogens with one attached hydrogen (secondary N) is 1. The number of rotatable bonds is 3. The summed E-state index contributed by atoms with van der Waals surface area (Å²) < 4.78 is 0. The zero-order valence-electron chi connectivity index (χ0n) is 7.45. The summed E-state index contributed by atoms with van der Waals surface area (Å²) in [4.78, 5) is 14.9. The second kappa shape index (κ2) is 4.87. The third kappa shape index (κ3) is 3.06. The Hall–Kier alpha value is -1.03. The topological polar surface area (TPSA) is 42.0 Å². The second-order valence-corrected chi connectivity index (χ2v) is 3.05. The Balaban J connectivity index is 2.54. The van der Waals surface area contributed by atoms with E-state index in [1.54, 1.807) is 12.4 Å². The molecule has 0 aliphatic heterocycles. The highest BCUT2D eigenvalue weighted by Gasteiger charge is 1.99. The monoisotopic (exact) mass is 196 g/mol. The molecule has 1 aromatic heterocycles. The first kappa shape index (κ1) is 10.1. The van der Waals surface area contributed by atoms with Gasteiger partial charge in [0, 0.05) is 18.9 Å². The van der Waals surface area contributed by atoms with E-state index in [0.717, 1.165) is 11.1 Å². The van der Waals surface area contributed by atoms with Gasteiger partial charge in [0.05, 0.1) is 5.75 Å². The van der Waals surface area contributed by atoms with Crippen molar-refractivity contribution in [3.8, 4) is 0 Å². The van der Waals surface area contributed by atoms with Gasteiger partial charge in [-0.15, -0.1) is 0 Å². The molecule has 0 aliphatic carbocycles. The summed E-state index contributed by atoms with van der Waals surface area (Å²) in [6.07, 6.45) is 3.49. The summed E-state index contributed by atoms with van der Waals surface area (Å²) >= 11 is 3.86. The Bertz CT molecular complexity index is 301. The first-order chi connectivity index (χ1) is 6.24. The first-order valence-corrected chi connectivity index (χ1v) is 4.64. The number of pyridine rings is 1. The van der Waals surface area contributed by atoms with Gasteiger partial charge in [0.1, 0.15) is 0 Å². The van der Waals surface area contributed by atoms with E-state index in [4.69, 9.17) is 0 Å². The molecule has 4 heteroatoms. The fourth-order valence-corrected chi connectivity index (χ4v) is 1.04. The highest BCUT2D eigenvalue weighted by molar-refractivity contribution is 7.81. The van der Waals surface area contributed by atoms with Crippen LogP contribution in [0.25, 0.3) is 0 Å². The lowest BCUT2D eigenvalue weighted by molar-refractivity contribution is -0.118. The van der Waals surface area contributed by atoms with E-state index in [2.05, 4.69) is 22.9 Å². The number of aromatic nitrogens is 1. The van der Waals surface area contributed by atoms with Gasteiger partial charge < -0.3 is 5.32 Å².